The Balaban J connectivity index is 1.54. The van der Waals surface area contributed by atoms with Gasteiger partial charge >= 0.3 is 0 Å². The molecule has 2 aromatic rings. The van der Waals surface area contributed by atoms with Crippen LogP contribution in [0.15, 0.2) is 42.7 Å². The first-order chi connectivity index (χ1) is 10.7. The normalized spacial score (nSPS) is 22.8. The Hall–Kier alpha value is -1.65. The summed E-state index contributed by atoms with van der Waals surface area (Å²) >= 11 is 0. The molecule has 2 atom stereocenters. The fraction of sp³-hybridized carbons (Fsp3) is 0.500. The number of hydrogen-bond acceptors (Lipinski definition) is 3. The topological polar surface area (TPSA) is 30.3 Å². The third kappa shape index (κ3) is 3.57. The Labute approximate surface area is 132 Å². The maximum Gasteiger partial charge on any atom is 0.105 e. The minimum absolute atomic E-state index is 0.201. The smallest absolute Gasteiger partial charge is 0.105 e. The lowest BCUT2D eigenvalue weighted by molar-refractivity contribution is -0.0604. The van der Waals surface area contributed by atoms with Crippen LogP contribution in [-0.4, -0.2) is 40.2 Å². The van der Waals surface area contributed by atoms with E-state index in [2.05, 4.69) is 64.8 Å². The van der Waals surface area contributed by atoms with Gasteiger partial charge in [-0.05, 0) is 25.8 Å². The Bertz CT molecular complexity index is 581. The third-order valence-corrected chi connectivity index (χ3v) is 4.50. The highest BCUT2D eigenvalue weighted by Crippen LogP contribution is 2.24. The zero-order chi connectivity index (χ0) is 15.4. The number of ether oxygens (including phenoxy) is 1. The second-order valence-electron chi connectivity index (χ2n) is 6.10. The van der Waals surface area contributed by atoms with Crippen LogP contribution in [0.4, 0.5) is 0 Å². The van der Waals surface area contributed by atoms with Crippen LogP contribution in [0.2, 0.25) is 0 Å². The summed E-state index contributed by atoms with van der Waals surface area (Å²) in [5.74, 6) is 1.09. The molecule has 1 saturated heterocycles. The molecule has 0 unspecified atom stereocenters. The second-order valence-corrected chi connectivity index (χ2v) is 6.10. The molecule has 0 amide bonds. The lowest BCUT2D eigenvalue weighted by Gasteiger charge is -2.38. The molecule has 0 saturated carbocycles. The minimum atomic E-state index is 0.201. The summed E-state index contributed by atoms with van der Waals surface area (Å²) < 4.78 is 8.24. The van der Waals surface area contributed by atoms with Gasteiger partial charge in [0.15, 0.2) is 0 Å². The summed E-state index contributed by atoms with van der Waals surface area (Å²) in [7, 11) is 0. The van der Waals surface area contributed by atoms with E-state index in [9.17, 15) is 0 Å². The molecule has 22 heavy (non-hydrogen) atoms. The first kappa shape index (κ1) is 15.3. The molecule has 1 fully saturated rings. The summed E-state index contributed by atoms with van der Waals surface area (Å²) in [6, 6.07) is 11.0. The quantitative estimate of drug-likeness (QED) is 0.850. The fourth-order valence-electron chi connectivity index (χ4n) is 3.07. The Morgan fingerprint density at radius 3 is 2.77 bits per heavy atom. The van der Waals surface area contributed by atoms with Gasteiger partial charge in [0.05, 0.1) is 12.7 Å². The molecular formula is C18H25N3O. The van der Waals surface area contributed by atoms with Gasteiger partial charge in [0.1, 0.15) is 5.82 Å². The Morgan fingerprint density at radius 2 is 2.05 bits per heavy atom. The van der Waals surface area contributed by atoms with Crippen molar-refractivity contribution in [3.8, 4) is 0 Å². The van der Waals surface area contributed by atoms with E-state index in [1.165, 1.54) is 5.56 Å². The number of aryl methyl sites for hydroxylation is 2. The Morgan fingerprint density at radius 1 is 1.23 bits per heavy atom. The van der Waals surface area contributed by atoms with Crippen LogP contribution in [0, 0.1) is 6.92 Å². The predicted molar refractivity (Wildman–Crippen MR) is 87.8 cm³/mol. The van der Waals surface area contributed by atoms with Gasteiger partial charge in [-0.15, -0.1) is 0 Å². The number of morpholine rings is 1. The van der Waals surface area contributed by atoms with Crippen molar-refractivity contribution >= 4 is 0 Å². The van der Waals surface area contributed by atoms with E-state index in [0.717, 1.165) is 38.5 Å². The van der Waals surface area contributed by atoms with Gasteiger partial charge in [-0.25, -0.2) is 4.98 Å². The van der Waals surface area contributed by atoms with E-state index >= 15 is 0 Å². The van der Waals surface area contributed by atoms with Crippen LogP contribution in [-0.2, 0) is 11.3 Å². The van der Waals surface area contributed by atoms with E-state index in [1.54, 1.807) is 0 Å². The average Bonchev–Trinajstić information content (AvgIpc) is 2.95. The first-order valence-electron chi connectivity index (χ1n) is 8.12. The molecule has 1 aliphatic heterocycles. The van der Waals surface area contributed by atoms with E-state index in [1.807, 2.05) is 6.20 Å². The molecule has 4 nitrogen and oxygen atoms in total. The van der Waals surface area contributed by atoms with Crippen molar-refractivity contribution in [2.45, 2.75) is 39.0 Å². The predicted octanol–water partition coefficient (Wildman–Crippen LogP) is 3.04. The van der Waals surface area contributed by atoms with E-state index < -0.39 is 0 Å². The van der Waals surface area contributed by atoms with Crippen molar-refractivity contribution in [3.05, 3.63) is 54.1 Å². The third-order valence-electron chi connectivity index (χ3n) is 4.50. The van der Waals surface area contributed by atoms with E-state index in [-0.39, 0.29) is 6.10 Å². The monoisotopic (exact) mass is 299 g/mol. The molecule has 1 aliphatic rings. The summed E-state index contributed by atoms with van der Waals surface area (Å²) in [5, 5.41) is 0. The molecule has 0 radical (unpaired) electrons. The fourth-order valence-corrected chi connectivity index (χ4v) is 3.07. The SMILES string of the molecule is Cc1nccn1CCCN1C[C@H](c2ccccc2)OC[C@@H]1C. The highest BCUT2D eigenvalue weighted by molar-refractivity contribution is 5.18. The van der Waals surface area contributed by atoms with Gasteiger partial charge in [0.2, 0.25) is 0 Å². The highest BCUT2D eigenvalue weighted by Gasteiger charge is 2.26. The first-order valence-corrected chi connectivity index (χ1v) is 8.12. The summed E-state index contributed by atoms with van der Waals surface area (Å²) in [6.07, 6.45) is 5.28. The average molecular weight is 299 g/mol. The number of aromatic nitrogens is 2. The van der Waals surface area contributed by atoms with Gasteiger partial charge < -0.3 is 9.30 Å². The molecule has 0 aliphatic carbocycles. The molecule has 3 rings (SSSR count). The van der Waals surface area contributed by atoms with Crippen LogP contribution in [0.3, 0.4) is 0 Å². The minimum Gasteiger partial charge on any atom is -0.371 e. The maximum atomic E-state index is 6.02. The molecule has 4 heteroatoms. The standard InChI is InChI=1S/C18H25N3O/c1-15-14-22-18(17-7-4-3-5-8-17)13-21(15)11-6-10-20-12-9-19-16(20)2/h3-5,7-9,12,15,18H,6,10-11,13-14H2,1-2H3/t15-,18+/m0/s1. The van der Waals surface area contributed by atoms with Crippen LogP contribution in [0.5, 0.6) is 0 Å². The molecule has 0 N–H and O–H groups in total. The molecule has 0 spiro atoms. The molecule has 1 aromatic heterocycles. The molecule has 2 heterocycles. The van der Waals surface area contributed by atoms with E-state index in [0.29, 0.717) is 6.04 Å². The lowest BCUT2D eigenvalue weighted by Crippen LogP contribution is -2.45. The number of benzene rings is 1. The van der Waals surface area contributed by atoms with Crippen LogP contribution < -0.4 is 0 Å². The molecular weight excluding hydrogens is 274 g/mol. The zero-order valence-corrected chi connectivity index (χ0v) is 13.5. The maximum absolute atomic E-state index is 6.02. The van der Waals surface area contributed by atoms with Crippen molar-refractivity contribution in [1.82, 2.24) is 14.5 Å². The van der Waals surface area contributed by atoms with Crippen molar-refractivity contribution in [2.24, 2.45) is 0 Å². The molecule has 0 bridgehead atoms. The van der Waals surface area contributed by atoms with Gasteiger partial charge in [0.25, 0.3) is 0 Å². The highest BCUT2D eigenvalue weighted by atomic mass is 16.5. The lowest BCUT2D eigenvalue weighted by atomic mass is 10.1. The molecule has 1 aromatic carbocycles. The number of imidazole rings is 1. The summed E-state index contributed by atoms with van der Waals surface area (Å²) in [5.41, 5.74) is 1.28. The zero-order valence-electron chi connectivity index (χ0n) is 13.5. The molecule has 118 valence electrons. The Kier molecular flexibility index (Phi) is 4.90. The number of nitrogens with zero attached hydrogens (tertiary/aromatic N) is 3. The van der Waals surface area contributed by atoms with Crippen LogP contribution >= 0.6 is 0 Å². The van der Waals surface area contributed by atoms with E-state index in [4.69, 9.17) is 4.74 Å². The van der Waals surface area contributed by atoms with Gasteiger partial charge in [0, 0.05) is 38.1 Å². The second kappa shape index (κ2) is 7.07. The largest absolute Gasteiger partial charge is 0.371 e. The van der Waals surface area contributed by atoms with Crippen molar-refractivity contribution in [1.29, 1.82) is 0 Å². The summed E-state index contributed by atoms with van der Waals surface area (Å²) in [6.45, 7) is 8.24. The van der Waals surface area contributed by atoms with Crippen molar-refractivity contribution in [3.63, 3.8) is 0 Å². The van der Waals surface area contributed by atoms with Crippen LogP contribution in [0.25, 0.3) is 0 Å². The van der Waals surface area contributed by atoms with Gasteiger partial charge in [-0.1, -0.05) is 30.3 Å². The number of rotatable bonds is 5. The van der Waals surface area contributed by atoms with Gasteiger partial charge in [-0.2, -0.15) is 0 Å². The van der Waals surface area contributed by atoms with Crippen molar-refractivity contribution < 1.29 is 4.74 Å². The van der Waals surface area contributed by atoms with Crippen LogP contribution in [0.1, 0.15) is 30.8 Å². The number of hydrogen-bond donors (Lipinski definition) is 0. The van der Waals surface area contributed by atoms with Crippen molar-refractivity contribution in [2.75, 3.05) is 19.7 Å². The van der Waals surface area contributed by atoms with Gasteiger partial charge in [-0.3, -0.25) is 4.90 Å². The summed E-state index contributed by atoms with van der Waals surface area (Å²) in [4.78, 5) is 6.83.